The summed E-state index contributed by atoms with van der Waals surface area (Å²) in [5.74, 6) is -1.74. The first kappa shape index (κ1) is 24.5. The van der Waals surface area contributed by atoms with Gasteiger partial charge in [-0.1, -0.05) is 50.2 Å². The Bertz CT molecular complexity index is 1150. The molecule has 5 N–H and O–H groups in total. The van der Waals surface area contributed by atoms with Gasteiger partial charge in [-0.2, -0.15) is 5.09 Å². The van der Waals surface area contributed by atoms with E-state index in [9.17, 15) is 24.2 Å². The molecule has 1 amide bonds. The molecule has 0 fully saturated rings. The van der Waals surface area contributed by atoms with Crippen molar-refractivity contribution < 1.29 is 28.7 Å². The molecule has 2 aromatic carbocycles. The van der Waals surface area contributed by atoms with E-state index in [1.54, 1.807) is 24.4 Å². The van der Waals surface area contributed by atoms with Gasteiger partial charge >= 0.3 is 13.7 Å². The molecular weight excluding hydrogens is 445 g/mol. The number of hydrogen-bond acceptors (Lipinski definition) is 4. The minimum absolute atomic E-state index is 0.0122. The fourth-order valence-corrected chi connectivity index (χ4v) is 4.61. The van der Waals surface area contributed by atoms with Gasteiger partial charge in [0.15, 0.2) is 0 Å². The predicted octanol–water partition coefficient (Wildman–Crippen LogP) is 3.46. The van der Waals surface area contributed by atoms with E-state index in [0.29, 0.717) is 0 Å². The van der Waals surface area contributed by atoms with Gasteiger partial charge in [-0.3, -0.25) is 4.79 Å². The normalized spacial score (nSPS) is 15.0. The van der Waals surface area contributed by atoms with Gasteiger partial charge in [0.1, 0.15) is 11.8 Å². The first-order chi connectivity index (χ1) is 15.6. The molecule has 3 aromatic rings. The van der Waals surface area contributed by atoms with Crippen LogP contribution in [0.25, 0.3) is 10.9 Å². The minimum atomic E-state index is -4.40. The molecule has 0 saturated heterocycles. The number of hydrogen-bond donors (Lipinski definition) is 5. The number of nitrogens with one attached hydrogen (secondary N) is 3. The van der Waals surface area contributed by atoms with Crippen molar-refractivity contribution in [1.29, 1.82) is 0 Å². The van der Waals surface area contributed by atoms with Crippen LogP contribution in [0.2, 0.25) is 0 Å². The summed E-state index contributed by atoms with van der Waals surface area (Å²) in [5, 5.41) is 15.5. The quantitative estimate of drug-likeness (QED) is 0.269. The Hall–Kier alpha value is -3.13. The highest BCUT2D eigenvalue weighted by atomic mass is 31.2. The lowest BCUT2D eigenvalue weighted by atomic mass is 10.0. The van der Waals surface area contributed by atoms with Crippen LogP contribution in [0.3, 0.4) is 0 Å². The van der Waals surface area contributed by atoms with Gasteiger partial charge in [-0.15, -0.1) is 0 Å². The number of aromatic amines is 1. The second-order valence-electron chi connectivity index (χ2n) is 8.20. The van der Waals surface area contributed by atoms with Crippen molar-refractivity contribution in [2.45, 2.75) is 38.8 Å². The highest BCUT2D eigenvalue weighted by Crippen LogP contribution is 2.39. The smallest absolute Gasteiger partial charge is 0.456 e. The Kier molecular flexibility index (Phi) is 7.92. The number of carboxylic acid groups (broad SMARTS) is 1. The zero-order chi connectivity index (χ0) is 24.0. The third-order valence-corrected chi connectivity index (χ3v) is 6.12. The number of carbonyl (C=O) groups excluding carboxylic acids is 1. The summed E-state index contributed by atoms with van der Waals surface area (Å²) in [6.07, 6.45) is 1.97. The monoisotopic (exact) mass is 473 g/mol. The van der Waals surface area contributed by atoms with E-state index in [1.165, 1.54) is 12.1 Å². The van der Waals surface area contributed by atoms with E-state index >= 15 is 0 Å². The summed E-state index contributed by atoms with van der Waals surface area (Å²) in [7, 11) is -4.40. The number of aliphatic carboxylic acids is 1. The van der Waals surface area contributed by atoms with Crippen LogP contribution in [-0.2, 0) is 20.6 Å². The molecule has 0 bridgehead atoms. The molecule has 1 heterocycles. The van der Waals surface area contributed by atoms with Gasteiger partial charge in [0.25, 0.3) is 0 Å². The van der Waals surface area contributed by atoms with E-state index in [1.807, 2.05) is 38.1 Å². The number of rotatable bonds is 11. The second kappa shape index (κ2) is 10.7. The SMILES string of the molecule is CC(C)C[C@H](NP(=O)(O)Oc1ccccc1)C(=O)N[C@@H](Cc1c[nH]c2ccccc12)C(=O)O. The van der Waals surface area contributed by atoms with Crippen molar-refractivity contribution in [2.24, 2.45) is 5.92 Å². The lowest BCUT2D eigenvalue weighted by molar-refractivity contribution is -0.142. The van der Waals surface area contributed by atoms with Crippen molar-refractivity contribution in [2.75, 3.05) is 0 Å². The molecule has 0 spiro atoms. The zero-order valence-electron chi connectivity index (χ0n) is 18.4. The Morgan fingerprint density at radius 3 is 2.39 bits per heavy atom. The zero-order valence-corrected chi connectivity index (χ0v) is 19.3. The molecule has 3 rings (SSSR count). The maximum Gasteiger partial charge on any atom is 0.456 e. The van der Waals surface area contributed by atoms with E-state index < -0.39 is 31.7 Å². The average Bonchev–Trinajstić information content (AvgIpc) is 3.15. The maximum absolute atomic E-state index is 13.0. The van der Waals surface area contributed by atoms with Crippen molar-refractivity contribution in [3.05, 3.63) is 66.4 Å². The minimum Gasteiger partial charge on any atom is -0.480 e. The number of amides is 1. The molecule has 10 heteroatoms. The molecule has 1 aromatic heterocycles. The van der Waals surface area contributed by atoms with E-state index in [-0.39, 0.29) is 24.5 Å². The number of aromatic nitrogens is 1. The second-order valence-corrected chi connectivity index (χ2v) is 9.68. The van der Waals surface area contributed by atoms with E-state index in [0.717, 1.165) is 16.5 Å². The summed E-state index contributed by atoms with van der Waals surface area (Å²) in [6.45, 7) is 3.70. The van der Waals surface area contributed by atoms with Gasteiger partial charge in [-0.05, 0) is 36.1 Å². The molecule has 3 atom stereocenters. The average molecular weight is 473 g/mol. The fraction of sp³-hybridized carbons (Fsp3) is 0.304. The van der Waals surface area contributed by atoms with Crippen LogP contribution in [0.1, 0.15) is 25.8 Å². The molecule has 1 unspecified atom stereocenters. The summed E-state index contributed by atoms with van der Waals surface area (Å²) in [5.41, 5.74) is 1.61. The lowest BCUT2D eigenvalue weighted by Crippen LogP contribution is -2.50. The number of carboxylic acids is 1. The highest BCUT2D eigenvalue weighted by molar-refractivity contribution is 7.51. The summed E-state index contributed by atoms with van der Waals surface area (Å²) in [6, 6.07) is 13.2. The topological polar surface area (TPSA) is 141 Å². The van der Waals surface area contributed by atoms with Crippen molar-refractivity contribution in [1.82, 2.24) is 15.4 Å². The molecule has 0 aliphatic rings. The van der Waals surface area contributed by atoms with Crippen LogP contribution < -0.4 is 14.9 Å². The van der Waals surface area contributed by atoms with Crippen LogP contribution in [0, 0.1) is 5.92 Å². The summed E-state index contributed by atoms with van der Waals surface area (Å²) < 4.78 is 17.8. The van der Waals surface area contributed by atoms with Crippen molar-refractivity contribution >= 4 is 30.5 Å². The van der Waals surface area contributed by atoms with Crippen molar-refractivity contribution in [3.63, 3.8) is 0 Å². The molecule has 9 nitrogen and oxygen atoms in total. The molecular formula is C23H28N3O6P. The maximum atomic E-state index is 13.0. The van der Waals surface area contributed by atoms with Crippen molar-refractivity contribution in [3.8, 4) is 5.75 Å². The van der Waals surface area contributed by atoms with E-state index in [4.69, 9.17) is 4.52 Å². The van der Waals surface area contributed by atoms with E-state index in [2.05, 4.69) is 15.4 Å². The van der Waals surface area contributed by atoms with Gasteiger partial charge in [-0.25, -0.2) is 9.36 Å². The fourth-order valence-electron chi connectivity index (χ4n) is 3.53. The predicted molar refractivity (Wildman–Crippen MR) is 125 cm³/mol. The first-order valence-electron chi connectivity index (χ1n) is 10.6. The number of benzene rings is 2. The van der Waals surface area contributed by atoms with Gasteiger partial charge in [0.05, 0.1) is 6.04 Å². The Balaban J connectivity index is 1.74. The molecule has 0 radical (unpaired) electrons. The number of carbonyl (C=O) groups is 2. The Morgan fingerprint density at radius 2 is 1.73 bits per heavy atom. The third kappa shape index (κ3) is 6.92. The third-order valence-electron chi connectivity index (χ3n) is 5.03. The number of fused-ring (bicyclic) bond motifs is 1. The molecule has 0 aliphatic carbocycles. The molecule has 0 aliphatic heterocycles. The van der Waals surface area contributed by atoms with Crippen LogP contribution in [0.4, 0.5) is 0 Å². The molecule has 176 valence electrons. The Morgan fingerprint density at radius 1 is 1.06 bits per heavy atom. The summed E-state index contributed by atoms with van der Waals surface area (Å²) >= 11 is 0. The van der Waals surface area contributed by atoms with Gasteiger partial charge < -0.3 is 24.8 Å². The highest BCUT2D eigenvalue weighted by Gasteiger charge is 2.33. The van der Waals surface area contributed by atoms with Crippen LogP contribution in [-0.4, -0.2) is 38.9 Å². The number of para-hydroxylation sites is 2. The first-order valence-corrected chi connectivity index (χ1v) is 12.2. The lowest BCUT2D eigenvalue weighted by Gasteiger charge is -2.24. The molecule has 33 heavy (non-hydrogen) atoms. The largest absolute Gasteiger partial charge is 0.480 e. The Labute approximate surface area is 191 Å². The summed E-state index contributed by atoms with van der Waals surface area (Å²) in [4.78, 5) is 38.3. The van der Waals surface area contributed by atoms with Crippen LogP contribution in [0.15, 0.2) is 60.8 Å². The molecule has 0 saturated carbocycles. The van der Waals surface area contributed by atoms with Gasteiger partial charge in [0, 0.05) is 23.5 Å². The van der Waals surface area contributed by atoms with Gasteiger partial charge in [0.2, 0.25) is 5.91 Å². The number of H-pyrrole nitrogens is 1. The standard InChI is InChI=1S/C23H28N3O6P/c1-15(2)12-20(26-33(30,31)32-17-8-4-3-5-9-17)22(27)25-21(23(28)29)13-16-14-24-19-11-7-6-10-18(16)19/h3-11,14-15,20-21,24H,12-13H2,1-2H3,(H,25,27)(H,28,29)(H2,26,30,31)/t20-,21-/m0/s1. The van der Waals surface area contributed by atoms with Crippen LogP contribution >= 0.6 is 7.75 Å². The van der Waals surface area contributed by atoms with Crippen LogP contribution in [0.5, 0.6) is 5.75 Å².